The number of nitrogens with zero attached hydrogens (tertiary/aromatic N) is 5. The van der Waals surface area contributed by atoms with E-state index in [1.165, 1.54) is 20.8 Å². The van der Waals surface area contributed by atoms with Crippen LogP contribution < -0.4 is 10.6 Å². The molecule has 5 aromatic rings. The van der Waals surface area contributed by atoms with Crippen LogP contribution in [0.1, 0.15) is 54.1 Å². The fraction of sp³-hybridized carbons (Fsp3) is 0.259. The van der Waals surface area contributed by atoms with Crippen molar-refractivity contribution in [1.29, 1.82) is 0 Å². The van der Waals surface area contributed by atoms with E-state index >= 15 is 0 Å². The lowest BCUT2D eigenvalue weighted by Crippen LogP contribution is -2.24. The van der Waals surface area contributed by atoms with Crippen molar-refractivity contribution in [3.05, 3.63) is 87.7 Å². The molecule has 5 rings (SSSR count). The van der Waals surface area contributed by atoms with Crippen LogP contribution in [0.5, 0.6) is 5.95 Å². The number of hydrogen-bond acceptors (Lipinski definition) is 10. The molecular weight excluding hydrogens is 504 g/mol. The number of H-pyrrole nitrogens is 1. The number of nitrogens with one attached hydrogen (secondary N) is 1. The van der Waals surface area contributed by atoms with Gasteiger partial charge in [-0.1, -0.05) is 55.5 Å². The number of rotatable bonds is 8. The molecule has 0 aliphatic heterocycles. The minimum Gasteiger partial charge on any atom is -0.392 e. The molecule has 0 atom stereocenters. The average molecular weight is 531 g/mol. The van der Waals surface area contributed by atoms with Gasteiger partial charge >= 0.3 is 17.7 Å². The van der Waals surface area contributed by atoms with E-state index < -0.39 is 17.4 Å². The van der Waals surface area contributed by atoms with Crippen LogP contribution in [-0.2, 0) is 18.6 Å². The molecule has 0 unspecified atom stereocenters. The van der Waals surface area contributed by atoms with Crippen molar-refractivity contribution in [3.63, 3.8) is 0 Å². The van der Waals surface area contributed by atoms with Gasteiger partial charge in [0.1, 0.15) is 17.1 Å². The first-order valence-corrected chi connectivity index (χ1v) is 12.2. The number of esters is 1. The lowest BCUT2D eigenvalue weighted by Gasteiger charge is -2.17. The molecule has 2 N–H and O–H groups in total. The summed E-state index contributed by atoms with van der Waals surface area (Å²) in [6, 6.07) is 15.6. The fourth-order valence-corrected chi connectivity index (χ4v) is 4.32. The number of aliphatic hydroxyl groups is 1. The Hall–Kier alpha value is -4.84. The van der Waals surface area contributed by atoms with Crippen molar-refractivity contribution in [1.82, 2.24) is 30.2 Å². The summed E-state index contributed by atoms with van der Waals surface area (Å²) in [6.45, 7) is 6.70. The van der Waals surface area contributed by atoms with Crippen LogP contribution in [-0.4, -0.2) is 41.3 Å². The Labute approximate surface area is 222 Å². The zero-order chi connectivity index (χ0) is 27.7. The second-order valence-electron chi connectivity index (χ2n) is 9.40. The van der Waals surface area contributed by atoms with Gasteiger partial charge in [0.15, 0.2) is 17.3 Å². The Bertz CT molecular complexity index is 1670. The van der Waals surface area contributed by atoms with Gasteiger partial charge in [-0.25, -0.2) is 19.7 Å². The van der Waals surface area contributed by atoms with Crippen LogP contribution in [0.2, 0.25) is 0 Å². The Morgan fingerprint density at radius 1 is 1.10 bits per heavy atom. The highest BCUT2D eigenvalue weighted by molar-refractivity contribution is 5.91. The number of benzene rings is 2. The summed E-state index contributed by atoms with van der Waals surface area (Å²) >= 11 is 0. The van der Waals surface area contributed by atoms with Crippen molar-refractivity contribution in [2.45, 2.75) is 46.3 Å². The lowest BCUT2D eigenvalue weighted by molar-refractivity contribution is 0.0599. The maximum Gasteiger partial charge on any atom is 0.521 e. The maximum absolute atomic E-state index is 13.4. The molecular formula is C27H26N6O6. The normalized spacial score (nSPS) is 11.6. The average Bonchev–Trinajstić information content (AvgIpc) is 3.63. The van der Waals surface area contributed by atoms with E-state index in [-0.39, 0.29) is 29.6 Å². The summed E-state index contributed by atoms with van der Waals surface area (Å²) < 4.78 is 16.7. The first-order valence-electron chi connectivity index (χ1n) is 12.2. The van der Waals surface area contributed by atoms with E-state index in [4.69, 9.17) is 13.6 Å². The van der Waals surface area contributed by atoms with Crippen molar-refractivity contribution in [2.75, 3.05) is 0 Å². The highest BCUT2D eigenvalue weighted by Crippen LogP contribution is 2.31. The van der Waals surface area contributed by atoms with Crippen molar-refractivity contribution in [3.8, 4) is 28.5 Å². The molecule has 0 fully saturated rings. The van der Waals surface area contributed by atoms with Gasteiger partial charge in [0.05, 0.1) is 0 Å². The molecule has 0 aliphatic carbocycles. The van der Waals surface area contributed by atoms with Crippen LogP contribution in [0, 0.1) is 6.92 Å². The fourth-order valence-electron chi connectivity index (χ4n) is 4.32. The van der Waals surface area contributed by atoms with Crippen LogP contribution in [0.25, 0.3) is 22.5 Å². The molecule has 0 spiro atoms. The topological polar surface area (TPSA) is 162 Å². The smallest absolute Gasteiger partial charge is 0.392 e. The standard InChI is InChI=1S/C27H26N6O6/c1-5-20-28-22(27(3,4)36)21(24(34)38-25-15(2)37-26(35)39-25)33(20)14-16-10-12-17(13-11-16)18-8-6-7-9-19(18)23-29-31-32-30-23/h6-13,36H,5,14H2,1-4H3,(H,29,30,31,32). The molecule has 0 saturated heterocycles. The van der Waals surface area contributed by atoms with Crippen LogP contribution >= 0.6 is 0 Å². The van der Waals surface area contributed by atoms with Crippen molar-refractivity contribution >= 4 is 5.97 Å². The van der Waals surface area contributed by atoms with Gasteiger partial charge in [-0.15, -0.1) is 5.10 Å². The molecule has 0 saturated carbocycles. The molecule has 12 nitrogen and oxygen atoms in total. The Kier molecular flexibility index (Phi) is 6.71. The molecule has 0 amide bonds. The summed E-state index contributed by atoms with van der Waals surface area (Å²) in [4.78, 5) is 29.4. The van der Waals surface area contributed by atoms with Crippen LogP contribution in [0.4, 0.5) is 0 Å². The van der Waals surface area contributed by atoms with Gasteiger partial charge in [0.2, 0.25) is 0 Å². The first kappa shape index (κ1) is 25.8. The second kappa shape index (κ2) is 10.1. The summed E-state index contributed by atoms with van der Waals surface area (Å²) in [6.07, 6.45) is 0.493. The van der Waals surface area contributed by atoms with Gasteiger partial charge in [-0.05, 0) is 41.0 Å². The number of aryl methyl sites for hydroxylation is 2. The summed E-state index contributed by atoms with van der Waals surface area (Å²) in [5.41, 5.74) is 2.40. The van der Waals surface area contributed by atoms with Crippen LogP contribution in [0.3, 0.4) is 0 Å². The zero-order valence-corrected chi connectivity index (χ0v) is 21.8. The van der Waals surface area contributed by atoms with E-state index in [9.17, 15) is 14.7 Å². The minimum absolute atomic E-state index is 0.0249. The molecule has 3 aromatic heterocycles. The maximum atomic E-state index is 13.4. The van der Waals surface area contributed by atoms with Gasteiger partial charge in [0.25, 0.3) is 0 Å². The third-order valence-corrected chi connectivity index (χ3v) is 6.15. The number of imidazole rings is 1. The molecule has 0 radical (unpaired) electrons. The van der Waals surface area contributed by atoms with Crippen molar-refractivity contribution < 1.29 is 23.5 Å². The number of tetrazole rings is 1. The number of aromatic nitrogens is 6. The molecule has 39 heavy (non-hydrogen) atoms. The molecule has 12 heteroatoms. The predicted octanol–water partition coefficient (Wildman–Crippen LogP) is 3.64. The Morgan fingerprint density at radius 2 is 1.82 bits per heavy atom. The third kappa shape index (κ3) is 5.14. The summed E-state index contributed by atoms with van der Waals surface area (Å²) in [5.74, 6) is -0.997. The molecule has 200 valence electrons. The van der Waals surface area contributed by atoms with Gasteiger partial charge in [-0.3, -0.25) is 0 Å². The molecule has 3 heterocycles. The Balaban J connectivity index is 1.51. The monoisotopic (exact) mass is 530 g/mol. The van der Waals surface area contributed by atoms with E-state index in [0.717, 1.165) is 22.3 Å². The zero-order valence-electron chi connectivity index (χ0n) is 21.8. The second-order valence-corrected chi connectivity index (χ2v) is 9.40. The predicted molar refractivity (Wildman–Crippen MR) is 138 cm³/mol. The summed E-state index contributed by atoms with van der Waals surface area (Å²) in [5, 5.41) is 25.0. The Morgan fingerprint density at radius 3 is 2.41 bits per heavy atom. The first-order chi connectivity index (χ1) is 18.7. The molecule has 0 aliphatic rings. The lowest BCUT2D eigenvalue weighted by atomic mass is 9.98. The van der Waals surface area contributed by atoms with Crippen LogP contribution in [0.15, 0.2) is 62.2 Å². The van der Waals surface area contributed by atoms with Gasteiger partial charge in [-0.2, -0.15) is 0 Å². The van der Waals surface area contributed by atoms with Gasteiger partial charge < -0.3 is 23.2 Å². The SMILES string of the molecule is CCc1nc(C(C)(C)O)c(C(=O)Oc2oc(=O)oc2C)n1Cc1ccc(-c2ccccc2-c2nnn[nH]2)cc1. The van der Waals surface area contributed by atoms with E-state index in [2.05, 4.69) is 25.6 Å². The number of aromatic amines is 1. The van der Waals surface area contributed by atoms with Gasteiger partial charge in [0, 0.05) is 25.5 Å². The molecule has 2 aromatic carbocycles. The number of carbonyl (C=O) groups excluding carboxylic acids is 1. The quantitative estimate of drug-likeness (QED) is 0.283. The number of carbonyl (C=O) groups is 1. The molecule has 0 bridgehead atoms. The summed E-state index contributed by atoms with van der Waals surface area (Å²) in [7, 11) is 0. The largest absolute Gasteiger partial charge is 0.521 e. The van der Waals surface area contributed by atoms with E-state index in [0.29, 0.717) is 18.1 Å². The highest BCUT2D eigenvalue weighted by Gasteiger charge is 2.33. The third-order valence-electron chi connectivity index (χ3n) is 6.15. The van der Waals surface area contributed by atoms with E-state index in [1.807, 2.05) is 55.5 Å². The number of ether oxygens (including phenoxy) is 1. The van der Waals surface area contributed by atoms with E-state index in [1.54, 1.807) is 4.57 Å². The van der Waals surface area contributed by atoms with Crippen molar-refractivity contribution in [2.24, 2.45) is 0 Å². The highest BCUT2D eigenvalue weighted by atomic mass is 16.7. The minimum atomic E-state index is -1.45. The number of hydrogen-bond donors (Lipinski definition) is 2.